The predicted octanol–water partition coefficient (Wildman–Crippen LogP) is 8.15. The standard InChI is InChI=1S/C33H61NO7/c1-7-9-11-12-17-20-24-39-34-32(3,4)25-27(26-33(34,5)6)40-31(38)28(21-10-8-2)41-30(37)23-19-16-14-13-15-18-22-29(35)36/h27-28H,7-26H2,1-6H3,(H,35,36). The average molecular weight is 584 g/mol. The number of rotatable bonds is 23. The second kappa shape index (κ2) is 20.3. The second-order valence-electron chi connectivity index (χ2n) is 13.1. The molecule has 0 bridgehead atoms. The molecule has 0 aromatic heterocycles. The zero-order valence-electron chi connectivity index (χ0n) is 27.1. The van der Waals surface area contributed by atoms with Gasteiger partial charge in [0.1, 0.15) is 6.10 Å². The van der Waals surface area contributed by atoms with Crippen molar-refractivity contribution in [2.45, 2.75) is 187 Å². The number of esters is 2. The van der Waals surface area contributed by atoms with E-state index in [2.05, 4.69) is 39.7 Å². The van der Waals surface area contributed by atoms with Gasteiger partial charge in [0.05, 0.1) is 6.61 Å². The third-order valence-electron chi connectivity index (χ3n) is 7.93. The van der Waals surface area contributed by atoms with Crippen LogP contribution in [-0.2, 0) is 28.7 Å². The molecule has 0 spiro atoms. The van der Waals surface area contributed by atoms with Gasteiger partial charge in [0.2, 0.25) is 0 Å². The Labute approximate surface area is 250 Å². The zero-order chi connectivity index (χ0) is 30.7. The maximum atomic E-state index is 13.2. The number of piperidine rings is 1. The SMILES string of the molecule is CCCCCCCCON1C(C)(C)CC(OC(=O)C(CCCC)OC(=O)CCCCCCCCC(=O)O)CC1(C)C. The Balaban J connectivity index is 2.54. The molecule has 1 heterocycles. The lowest BCUT2D eigenvalue weighted by molar-refractivity contribution is -0.294. The summed E-state index contributed by atoms with van der Waals surface area (Å²) in [6, 6.07) is 0. The van der Waals surface area contributed by atoms with Gasteiger partial charge >= 0.3 is 17.9 Å². The molecule has 240 valence electrons. The molecule has 1 unspecified atom stereocenters. The van der Waals surface area contributed by atoms with Crippen molar-refractivity contribution in [3.05, 3.63) is 0 Å². The first-order chi connectivity index (χ1) is 19.4. The molecule has 1 aliphatic rings. The molecule has 0 saturated carbocycles. The van der Waals surface area contributed by atoms with E-state index in [4.69, 9.17) is 19.4 Å². The van der Waals surface area contributed by atoms with E-state index >= 15 is 0 Å². The normalized spacial score (nSPS) is 17.7. The Bertz CT molecular complexity index is 734. The highest BCUT2D eigenvalue weighted by molar-refractivity contribution is 5.79. The maximum absolute atomic E-state index is 13.2. The molecule has 0 radical (unpaired) electrons. The number of nitrogens with zero attached hydrogens (tertiary/aromatic N) is 1. The fourth-order valence-electron chi connectivity index (χ4n) is 5.97. The monoisotopic (exact) mass is 583 g/mol. The van der Waals surface area contributed by atoms with Crippen molar-refractivity contribution < 1.29 is 33.8 Å². The van der Waals surface area contributed by atoms with Crippen LogP contribution in [0.5, 0.6) is 0 Å². The van der Waals surface area contributed by atoms with Crippen molar-refractivity contribution in [1.82, 2.24) is 5.06 Å². The zero-order valence-corrected chi connectivity index (χ0v) is 27.1. The lowest BCUT2D eigenvalue weighted by atomic mass is 9.80. The summed E-state index contributed by atoms with van der Waals surface area (Å²) in [6.45, 7) is 13.5. The summed E-state index contributed by atoms with van der Waals surface area (Å²) in [7, 11) is 0. The van der Waals surface area contributed by atoms with Crippen LogP contribution < -0.4 is 0 Å². The van der Waals surface area contributed by atoms with Gasteiger partial charge in [-0.05, 0) is 59.8 Å². The summed E-state index contributed by atoms with van der Waals surface area (Å²) in [5, 5.41) is 10.8. The predicted molar refractivity (Wildman–Crippen MR) is 162 cm³/mol. The third kappa shape index (κ3) is 15.9. The van der Waals surface area contributed by atoms with Crippen molar-refractivity contribution in [1.29, 1.82) is 0 Å². The number of hydroxylamine groups is 2. The molecule has 41 heavy (non-hydrogen) atoms. The molecule has 1 fully saturated rings. The number of aliphatic carboxylic acids is 1. The molecule has 8 heteroatoms. The Morgan fingerprint density at radius 1 is 0.756 bits per heavy atom. The molecule has 0 amide bonds. The van der Waals surface area contributed by atoms with Gasteiger partial charge in [-0.15, -0.1) is 0 Å². The highest BCUT2D eigenvalue weighted by Crippen LogP contribution is 2.40. The number of ether oxygens (including phenoxy) is 2. The Morgan fingerprint density at radius 3 is 1.83 bits per heavy atom. The first-order valence-electron chi connectivity index (χ1n) is 16.5. The lowest BCUT2D eigenvalue weighted by Crippen LogP contribution is -2.62. The second-order valence-corrected chi connectivity index (χ2v) is 13.1. The Hall–Kier alpha value is -1.67. The number of hydrogen-bond donors (Lipinski definition) is 1. The largest absolute Gasteiger partial charge is 0.481 e. The maximum Gasteiger partial charge on any atom is 0.347 e. The fourth-order valence-corrected chi connectivity index (χ4v) is 5.97. The van der Waals surface area contributed by atoms with Crippen molar-refractivity contribution in [3.63, 3.8) is 0 Å². The van der Waals surface area contributed by atoms with Crippen LogP contribution in [0.25, 0.3) is 0 Å². The van der Waals surface area contributed by atoms with Crippen molar-refractivity contribution in [2.24, 2.45) is 0 Å². The van der Waals surface area contributed by atoms with Crippen molar-refractivity contribution in [2.75, 3.05) is 6.61 Å². The van der Waals surface area contributed by atoms with Crippen LogP contribution in [0.1, 0.15) is 164 Å². The van der Waals surface area contributed by atoms with Gasteiger partial charge in [0.15, 0.2) is 6.10 Å². The first-order valence-corrected chi connectivity index (χ1v) is 16.5. The minimum Gasteiger partial charge on any atom is -0.481 e. The van der Waals surface area contributed by atoms with Crippen LogP contribution in [0, 0.1) is 0 Å². The average Bonchev–Trinajstić information content (AvgIpc) is 2.87. The highest BCUT2D eigenvalue weighted by atomic mass is 16.7. The first kappa shape index (κ1) is 37.4. The summed E-state index contributed by atoms with van der Waals surface area (Å²) in [5.41, 5.74) is -0.615. The molecular formula is C33H61NO7. The van der Waals surface area contributed by atoms with E-state index in [1.807, 2.05) is 6.92 Å². The summed E-state index contributed by atoms with van der Waals surface area (Å²) in [4.78, 5) is 42.7. The molecule has 1 saturated heterocycles. The number of carbonyl (C=O) groups is 3. The van der Waals surface area contributed by atoms with Gasteiger partial charge in [-0.3, -0.25) is 14.4 Å². The van der Waals surface area contributed by atoms with Crippen LogP contribution >= 0.6 is 0 Å². The van der Waals surface area contributed by atoms with E-state index < -0.39 is 18.0 Å². The molecule has 0 aromatic rings. The minimum absolute atomic E-state index is 0.211. The van der Waals surface area contributed by atoms with Crippen LogP contribution in [0.3, 0.4) is 0 Å². The van der Waals surface area contributed by atoms with Crippen molar-refractivity contribution in [3.8, 4) is 0 Å². The van der Waals surface area contributed by atoms with E-state index in [9.17, 15) is 14.4 Å². The number of carbonyl (C=O) groups excluding carboxylic acids is 2. The molecule has 0 aliphatic carbocycles. The quantitative estimate of drug-likeness (QED) is 0.0949. The molecule has 1 rings (SSSR count). The van der Waals surface area contributed by atoms with Crippen LogP contribution in [0.2, 0.25) is 0 Å². The topological polar surface area (TPSA) is 102 Å². The van der Waals surface area contributed by atoms with E-state index in [0.29, 0.717) is 38.7 Å². The smallest absolute Gasteiger partial charge is 0.347 e. The van der Waals surface area contributed by atoms with Crippen LogP contribution in [0.4, 0.5) is 0 Å². The van der Waals surface area contributed by atoms with Gasteiger partial charge in [-0.25, -0.2) is 4.79 Å². The highest BCUT2D eigenvalue weighted by Gasteiger charge is 2.48. The Kier molecular flexibility index (Phi) is 18.5. The number of carboxylic acids is 1. The summed E-state index contributed by atoms with van der Waals surface area (Å²) < 4.78 is 11.6. The van der Waals surface area contributed by atoms with Gasteiger partial charge in [-0.2, -0.15) is 5.06 Å². The van der Waals surface area contributed by atoms with Crippen LogP contribution in [0.15, 0.2) is 0 Å². The Morgan fingerprint density at radius 2 is 1.27 bits per heavy atom. The van der Waals surface area contributed by atoms with Gasteiger partial charge in [0.25, 0.3) is 0 Å². The van der Waals surface area contributed by atoms with Crippen molar-refractivity contribution >= 4 is 17.9 Å². The number of unbranched alkanes of at least 4 members (excludes halogenated alkanes) is 11. The van der Waals surface area contributed by atoms with Gasteiger partial charge in [0, 0.05) is 36.8 Å². The molecule has 8 nitrogen and oxygen atoms in total. The molecule has 1 N–H and O–H groups in total. The fraction of sp³-hybridized carbons (Fsp3) is 0.909. The summed E-state index contributed by atoms with van der Waals surface area (Å²) >= 11 is 0. The summed E-state index contributed by atoms with van der Waals surface area (Å²) in [6.07, 6.45) is 15.2. The van der Waals surface area contributed by atoms with Gasteiger partial charge < -0.3 is 14.6 Å². The molecule has 1 aliphatic heterocycles. The number of hydrogen-bond acceptors (Lipinski definition) is 7. The van der Waals surface area contributed by atoms with E-state index in [-0.39, 0.29) is 36.0 Å². The number of carboxylic acid groups (broad SMARTS) is 1. The molecular weight excluding hydrogens is 522 g/mol. The third-order valence-corrected chi connectivity index (χ3v) is 7.93. The molecule has 0 aromatic carbocycles. The van der Waals surface area contributed by atoms with Gasteiger partial charge in [-0.1, -0.05) is 78.1 Å². The minimum atomic E-state index is -0.869. The van der Waals surface area contributed by atoms with Crippen LogP contribution in [-0.4, -0.2) is 58.0 Å². The molecule has 1 atom stereocenters. The summed E-state index contributed by atoms with van der Waals surface area (Å²) in [5.74, 6) is -1.55. The van der Waals surface area contributed by atoms with E-state index in [0.717, 1.165) is 44.9 Å². The van der Waals surface area contributed by atoms with E-state index in [1.165, 1.54) is 32.1 Å². The van der Waals surface area contributed by atoms with E-state index in [1.54, 1.807) is 0 Å². The lowest BCUT2D eigenvalue weighted by Gasteiger charge is -2.53.